The van der Waals surface area contributed by atoms with Crippen molar-refractivity contribution in [2.24, 2.45) is 0 Å². The minimum Gasteiger partial charge on any atom is -0.494 e. The Kier molecular flexibility index (Phi) is 6.52. The lowest BCUT2D eigenvalue weighted by Crippen LogP contribution is -2.35. The molecule has 0 bridgehead atoms. The van der Waals surface area contributed by atoms with E-state index in [1.165, 1.54) is 7.11 Å². The van der Waals surface area contributed by atoms with Crippen molar-refractivity contribution >= 4 is 22.4 Å². The van der Waals surface area contributed by atoms with Crippen molar-refractivity contribution in [1.29, 1.82) is 0 Å². The molecule has 3 aromatic rings. The van der Waals surface area contributed by atoms with E-state index in [-0.39, 0.29) is 17.3 Å². The van der Waals surface area contributed by atoms with E-state index in [0.717, 1.165) is 52.8 Å². The van der Waals surface area contributed by atoms with Gasteiger partial charge in [0.15, 0.2) is 11.6 Å². The number of Topliss-reactive ketones (excluding diaryl/α,β-unsaturated/α-hetero) is 1. The van der Waals surface area contributed by atoms with E-state index in [4.69, 9.17) is 9.15 Å². The Hall–Kier alpha value is -3.15. The summed E-state index contributed by atoms with van der Waals surface area (Å²) in [5, 5.41) is 0.981. The molecule has 1 aliphatic heterocycles. The lowest BCUT2D eigenvalue weighted by atomic mass is 9.81. The van der Waals surface area contributed by atoms with Crippen molar-refractivity contribution in [3.8, 4) is 5.75 Å². The molecule has 2 aromatic heterocycles. The number of fused-ring (bicyclic) bond motifs is 2. The fourth-order valence-corrected chi connectivity index (χ4v) is 5.10. The molecular formula is C28H33FN2O3. The predicted octanol–water partition coefficient (Wildman–Crippen LogP) is 6.35. The molecule has 4 rings (SSSR count). The maximum Gasteiger partial charge on any atom is 0.174 e. The van der Waals surface area contributed by atoms with Crippen LogP contribution in [-0.2, 0) is 23.2 Å². The smallest absolute Gasteiger partial charge is 0.174 e. The Morgan fingerprint density at radius 1 is 1.38 bits per heavy atom. The van der Waals surface area contributed by atoms with Crippen molar-refractivity contribution in [1.82, 2.24) is 9.88 Å². The van der Waals surface area contributed by atoms with E-state index in [9.17, 15) is 4.79 Å². The lowest BCUT2D eigenvalue weighted by molar-refractivity contribution is -0.117. The molecule has 3 heterocycles. The molecule has 0 spiro atoms. The summed E-state index contributed by atoms with van der Waals surface area (Å²) in [6.45, 7) is 13.3. The Labute approximate surface area is 200 Å². The quantitative estimate of drug-likeness (QED) is 0.369. The first kappa shape index (κ1) is 24.0. The molecule has 0 N–H and O–H groups in total. The number of aromatic nitrogens is 1. The number of carbonyl (C=O) groups is 1. The van der Waals surface area contributed by atoms with Gasteiger partial charge in [-0.15, -0.1) is 0 Å². The van der Waals surface area contributed by atoms with Crippen LogP contribution in [0, 0.1) is 12.7 Å². The number of benzene rings is 1. The molecule has 5 nitrogen and oxygen atoms in total. The summed E-state index contributed by atoms with van der Waals surface area (Å²) in [4.78, 5) is 18.3. The summed E-state index contributed by atoms with van der Waals surface area (Å²) in [5.41, 5.74) is 4.62. The van der Waals surface area contributed by atoms with Crippen LogP contribution < -0.4 is 4.74 Å². The summed E-state index contributed by atoms with van der Waals surface area (Å²) in [6, 6.07) is 5.64. The fraction of sp³-hybridized carbons (Fsp3) is 0.429. The van der Waals surface area contributed by atoms with Gasteiger partial charge in [-0.3, -0.25) is 4.98 Å². The van der Waals surface area contributed by atoms with Crippen molar-refractivity contribution in [2.75, 3.05) is 13.7 Å². The Bertz CT molecular complexity index is 1260. The Balaban J connectivity index is 1.70. The van der Waals surface area contributed by atoms with E-state index in [2.05, 4.69) is 36.4 Å². The minimum absolute atomic E-state index is 0.173. The largest absolute Gasteiger partial charge is 0.494 e. The Morgan fingerprint density at radius 2 is 2.15 bits per heavy atom. The topological polar surface area (TPSA) is 55.6 Å². The van der Waals surface area contributed by atoms with E-state index < -0.39 is 5.41 Å². The maximum absolute atomic E-state index is 15.0. The molecule has 1 atom stereocenters. The Morgan fingerprint density at radius 3 is 2.82 bits per heavy atom. The number of aryl methyl sites for hydroxylation is 2. The number of nitrogens with zero attached hydrogens (tertiary/aromatic N) is 2. The molecule has 0 aliphatic carbocycles. The highest BCUT2D eigenvalue weighted by molar-refractivity contribution is 5.81. The fourth-order valence-electron chi connectivity index (χ4n) is 5.10. The van der Waals surface area contributed by atoms with Crippen molar-refractivity contribution in [3.63, 3.8) is 0 Å². The number of hydrogen-bond acceptors (Lipinski definition) is 5. The second kappa shape index (κ2) is 9.24. The van der Waals surface area contributed by atoms with Crippen LogP contribution in [-0.4, -0.2) is 29.3 Å². The number of hydrogen-bond donors (Lipinski definition) is 0. The van der Waals surface area contributed by atoms with Gasteiger partial charge in [0.2, 0.25) is 0 Å². The number of carbonyl (C=O) groups excluding carboxylic acids is 1. The minimum atomic E-state index is -0.404. The summed E-state index contributed by atoms with van der Waals surface area (Å²) < 4.78 is 26.7. The average Bonchev–Trinajstić information content (AvgIpc) is 3.36. The first-order valence-electron chi connectivity index (χ1n) is 11.9. The third kappa shape index (κ3) is 4.22. The molecule has 0 radical (unpaired) electrons. The highest BCUT2D eigenvalue weighted by atomic mass is 19.1. The van der Waals surface area contributed by atoms with Crippen LogP contribution in [0.15, 0.2) is 35.4 Å². The van der Waals surface area contributed by atoms with Gasteiger partial charge in [-0.25, -0.2) is 4.39 Å². The number of ether oxygens (including phenoxy) is 1. The van der Waals surface area contributed by atoms with Gasteiger partial charge in [-0.05, 0) is 50.8 Å². The van der Waals surface area contributed by atoms with E-state index in [1.807, 2.05) is 19.2 Å². The number of ketones is 1. The average molecular weight is 465 g/mol. The molecule has 1 aliphatic rings. The van der Waals surface area contributed by atoms with Gasteiger partial charge in [0.05, 0.1) is 7.11 Å². The molecule has 0 fully saturated rings. The second-order valence-electron chi connectivity index (χ2n) is 9.61. The molecular weight excluding hydrogens is 431 g/mol. The number of furan rings is 1. The lowest BCUT2D eigenvalue weighted by Gasteiger charge is -2.34. The van der Waals surface area contributed by atoms with Crippen LogP contribution in [0.3, 0.4) is 0 Å². The summed E-state index contributed by atoms with van der Waals surface area (Å²) in [7, 11) is 1.47. The van der Waals surface area contributed by atoms with Crippen LogP contribution in [0.5, 0.6) is 5.75 Å². The van der Waals surface area contributed by atoms with Crippen molar-refractivity contribution in [2.45, 2.75) is 65.3 Å². The molecule has 0 saturated carbocycles. The first-order chi connectivity index (χ1) is 16.2. The summed E-state index contributed by atoms with van der Waals surface area (Å²) in [5.74, 6) is 0.879. The molecule has 6 heteroatoms. The van der Waals surface area contributed by atoms with Gasteiger partial charge in [-0.1, -0.05) is 26.5 Å². The van der Waals surface area contributed by atoms with Gasteiger partial charge in [0.1, 0.15) is 17.1 Å². The van der Waals surface area contributed by atoms with Gasteiger partial charge in [0, 0.05) is 59.0 Å². The number of methoxy groups -OCH3 is 1. The standard InChI is InChI=1S/C28H33FN2O3/c1-7-22-18(3)30-14-21-13-24(34-27(21)22)28(5,12-8-9-17(2)32)16-31-15-20-10-11-23(33-6)26(29)25(20)19(31)4/h10-11,13-14H,4,7-9,12,15-16H2,1-3,5-6H3. The number of pyridine rings is 1. The SMILES string of the molecule is C=C1c2c(ccc(OC)c2F)CN1CC(C)(CCCC(C)=O)c1cc2cnc(C)c(CC)c2o1. The third-order valence-electron chi connectivity index (χ3n) is 7.06. The highest BCUT2D eigenvalue weighted by Crippen LogP contribution is 2.42. The number of rotatable bonds is 9. The normalized spacial score (nSPS) is 15.0. The van der Waals surface area contributed by atoms with Crippen molar-refractivity contribution in [3.05, 3.63) is 64.9 Å². The zero-order valence-electron chi connectivity index (χ0n) is 20.8. The summed E-state index contributed by atoms with van der Waals surface area (Å²) >= 11 is 0. The van der Waals surface area contributed by atoms with Gasteiger partial charge < -0.3 is 18.8 Å². The predicted molar refractivity (Wildman–Crippen MR) is 132 cm³/mol. The van der Waals surface area contributed by atoms with Crippen LogP contribution in [0.4, 0.5) is 4.39 Å². The molecule has 34 heavy (non-hydrogen) atoms. The summed E-state index contributed by atoms with van der Waals surface area (Å²) in [6.07, 6.45) is 4.72. The van der Waals surface area contributed by atoms with Gasteiger partial charge >= 0.3 is 0 Å². The van der Waals surface area contributed by atoms with Gasteiger partial charge in [-0.2, -0.15) is 0 Å². The van der Waals surface area contributed by atoms with E-state index in [1.54, 1.807) is 13.0 Å². The van der Waals surface area contributed by atoms with Crippen molar-refractivity contribution < 1.29 is 18.3 Å². The van der Waals surface area contributed by atoms with Crippen LogP contribution in [0.2, 0.25) is 0 Å². The second-order valence-corrected chi connectivity index (χ2v) is 9.61. The molecule has 180 valence electrons. The maximum atomic E-state index is 15.0. The van der Waals surface area contributed by atoms with E-state index >= 15 is 4.39 Å². The highest BCUT2D eigenvalue weighted by Gasteiger charge is 2.37. The number of halogens is 1. The third-order valence-corrected chi connectivity index (χ3v) is 7.06. The molecule has 0 amide bonds. The molecule has 1 unspecified atom stereocenters. The molecule has 0 saturated heterocycles. The van der Waals surface area contributed by atoms with Crippen LogP contribution in [0.1, 0.15) is 68.2 Å². The van der Waals surface area contributed by atoms with Gasteiger partial charge in [0.25, 0.3) is 0 Å². The first-order valence-corrected chi connectivity index (χ1v) is 11.9. The monoisotopic (exact) mass is 464 g/mol. The van der Waals surface area contributed by atoms with Crippen LogP contribution >= 0.6 is 0 Å². The van der Waals surface area contributed by atoms with Crippen LogP contribution in [0.25, 0.3) is 16.7 Å². The van der Waals surface area contributed by atoms with E-state index in [0.29, 0.717) is 30.8 Å². The molecule has 1 aromatic carbocycles. The zero-order chi connectivity index (χ0) is 24.6. The zero-order valence-corrected chi connectivity index (χ0v) is 20.8.